The highest BCUT2D eigenvalue weighted by Gasteiger charge is 2.36. The van der Waals surface area contributed by atoms with Gasteiger partial charge in [-0.2, -0.15) is 16.8 Å². The number of aryl methyl sites for hydroxylation is 2. The Morgan fingerprint density at radius 3 is 1.22 bits per heavy atom. The molecule has 0 N–H and O–H groups in total. The zero-order valence-electron chi connectivity index (χ0n) is 16.0. The van der Waals surface area contributed by atoms with Crippen LogP contribution in [0.5, 0.6) is 0 Å². The van der Waals surface area contributed by atoms with Crippen molar-refractivity contribution in [3.63, 3.8) is 0 Å². The molecule has 0 aliphatic heterocycles. The van der Waals surface area contributed by atoms with Crippen LogP contribution in [0.15, 0.2) is 58.3 Å². The molecule has 0 aliphatic carbocycles. The molecular formula is C19H24O6S2. The molecule has 2 aromatic carbocycles. The molecular weight excluding hydrogens is 388 g/mol. The molecule has 2 aromatic rings. The molecule has 2 rings (SSSR count). The maximum absolute atomic E-state index is 12.6. The normalized spacial score (nSPS) is 13.1. The van der Waals surface area contributed by atoms with Crippen LogP contribution in [0, 0.1) is 19.3 Å². The smallest absolute Gasteiger partial charge is 0.232 e. The predicted octanol–water partition coefficient (Wildman–Crippen LogP) is 3.79. The maximum Gasteiger partial charge on any atom is 0.299 e. The van der Waals surface area contributed by atoms with E-state index in [1.807, 2.05) is 13.8 Å². The molecule has 0 amide bonds. The molecule has 0 bridgehead atoms. The van der Waals surface area contributed by atoms with E-state index >= 15 is 0 Å². The Hall–Kier alpha value is -1.74. The summed E-state index contributed by atoms with van der Waals surface area (Å²) in [6.45, 7) is 8.55. The van der Waals surface area contributed by atoms with Gasteiger partial charge in [0.25, 0.3) is 20.2 Å². The van der Waals surface area contributed by atoms with Crippen LogP contribution in [0.4, 0.5) is 0 Å². The Bertz CT molecular complexity index is 906. The van der Waals surface area contributed by atoms with Crippen molar-refractivity contribution in [2.75, 3.05) is 0 Å². The van der Waals surface area contributed by atoms with Gasteiger partial charge >= 0.3 is 0 Å². The van der Waals surface area contributed by atoms with Crippen LogP contribution < -0.4 is 0 Å². The molecule has 0 atom stereocenters. The van der Waals surface area contributed by atoms with Gasteiger partial charge in [0.05, 0.1) is 9.79 Å². The molecule has 0 radical (unpaired) electrons. The minimum Gasteiger partial charge on any atom is -0.232 e. The SMILES string of the molecule is Cc1ccc(S(=O)(=O)OC(OS(=O)(=O)c2ccc(C)cc2)C(C)(C)C)cc1. The summed E-state index contributed by atoms with van der Waals surface area (Å²) >= 11 is 0. The highest BCUT2D eigenvalue weighted by Crippen LogP contribution is 2.30. The molecule has 6 nitrogen and oxygen atoms in total. The van der Waals surface area contributed by atoms with Crippen molar-refractivity contribution >= 4 is 20.2 Å². The third-order valence-corrected chi connectivity index (χ3v) is 6.31. The van der Waals surface area contributed by atoms with Gasteiger partial charge in [-0.25, -0.2) is 8.37 Å². The average Bonchev–Trinajstić information content (AvgIpc) is 2.54. The molecule has 0 heterocycles. The topological polar surface area (TPSA) is 86.7 Å². The number of hydrogen-bond acceptors (Lipinski definition) is 6. The summed E-state index contributed by atoms with van der Waals surface area (Å²) < 4.78 is 60.6. The molecule has 148 valence electrons. The van der Waals surface area contributed by atoms with E-state index in [-0.39, 0.29) is 9.79 Å². The molecule has 0 aliphatic rings. The van der Waals surface area contributed by atoms with Gasteiger partial charge in [-0.1, -0.05) is 56.2 Å². The average molecular weight is 413 g/mol. The second-order valence-corrected chi connectivity index (χ2v) is 10.6. The lowest BCUT2D eigenvalue weighted by molar-refractivity contribution is -0.0640. The van der Waals surface area contributed by atoms with Crippen LogP contribution in [0.1, 0.15) is 31.9 Å². The van der Waals surface area contributed by atoms with Crippen LogP contribution in [-0.2, 0) is 28.6 Å². The van der Waals surface area contributed by atoms with Crippen LogP contribution in [0.2, 0.25) is 0 Å². The van der Waals surface area contributed by atoms with Gasteiger partial charge in [0.1, 0.15) is 0 Å². The number of rotatable bonds is 6. The van der Waals surface area contributed by atoms with Gasteiger partial charge in [-0.15, -0.1) is 0 Å². The second kappa shape index (κ2) is 7.71. The van der Waals surface area contributed by atoms with E-state index in [2.05, 4.69) is 0 Å². The third-order valence-electron chi connectivity index (χ3n) is 3.75. The maximum atomic E-state index is 12.6. The van der Waals surface area contributed by atoms with E-state index < -0.39 is 31.9 Å². The van der Waals surface area contributed by atoms with Crippen LogP contribution >= 0.6 is 0 Å². The quantitative estimate of drug-likeness (QED) is 0.530. The van der Waals surface area contributed by atoms with Crippen LogP contribution in [-0.4, -0.2) is 23.1 Å². The monoisotopic (exact) mass is 412 g/mol. The highest BCUT2D eigenvalue weighted by molar-refractivity contribution is 7.87. The first kappa shape index (κ1) is 21.6. The Balaban J connectivity index is 2.33. The lowest BCUT2D eigenvalue weighted by Gasteiger charge is -2.29. The summed E-state index contributed by atoms with van der Waals surface area (Å²) in [5.74, 6) is 0. The van der Waals surface area contributed by atoms with Gasteiger partial charge in [0, 0.05) is 5.41 Å². The molecule has 8 heteroatoms. The zero-order valence-corrected chi connectivity index (χ0v) is 17.6. The molecule has 0 saturated carbocycles. The Morgan fingerprint density at radius 1 is 0.667 bits per heavy atom. The van der Waals surface area contributed by atoms with Crippen molar-refractivity contribution in [2.45, 2.75) is 50.7 Å². The summed E-state index contributed by atoms with van der Waals surface area (Å²) in [6.07, 6.45) is -1.53. The van der Waals surface area contributed by atoms with E-state index in [1.165, 1.54) is 24.3 Å². The van der Waals surface area contributed by atoms with Crippen molar-refractivity contribution in [1.29, 1.82) is 0 Å². The van der Waals surface area contributed by atoms with E-state index in [0.29, 0.717) is 0 Å². The zero-order chi connectivity index (χ0) is 20.5. The van der Waals surface area contributed by atoms with Crippen molar-refractivity contribution in [3.05, 3.63) is 59.7 Å². The van der Waals surface area contributed by atoms with Gasteiger partial charge in [-0.05, 0) is 38.1 Å². The summed E-state index contributed by atoms with van der Waals surface area (Å²) in [6, 6.07) is 12.1. The third kappa shape index (κ3) is 5.62. The number of hydrogen-bond donors (Lipinski definition) is 0. The van der Waals surface area contributed by atoms with E-state index in [0.717, 1.165) is 11.1 Å². The van der Waals surface area contributed by atoms with Crippen molar-refractivity contribution in [3.8, 4) is 0 Å². The molecule has 0 aromatic heterocycles. The fraction of sp³-hybridized carbons (Fsp3) is 0.368. The van der Waals surface area contributed by atoms with Crippen molar-refractivity contribution < 1.29 is 25.2 Å². The molecule has 27 heavy (non-hydrogen) atoms. The van der Waals surface area contributed by atoms with E-state index in [1.54, 1.807) is 45.0 Å². The highest BCUT2D eigenvalue weighted by atomic mass is 32.2. The minimum absolute atomic E-state index is 0.0707. The fourth-order valence-electron chi connectivity index (χ4n) is 2.06. The molecule has 0 unspecified atom stereocenters. The van der Waals surface area contributed by atoms with E-state index in [4.69, 9.17) is 8.37 Å². The van der Waals surface area contributed by atoms with E-state index in [9.17, 15) is 16.8 Å². The van der Waals surface area contributed by atoms with Crippen molar-refractivity contribution in [1.82, 2.24) is 0 Å². The standard InChI is InChI=1S/C19H24O6S2/c1-14-6-10-16(11-7-14)26(20,21)24-18(19(3,4)5)25-27(22,23)17-12-8-15(2)9-13-17/h6-13,18H,1-5H3. The lowest BCUT2D eigenvalue weighted by atomic mass is 9.96. The van der Waals surface area contributed by atoms with Gasteiger partial charge < -0.3 is 0 Å². The summed E-state index contributed by atoms with van der Waals surface area (Å²) in [4.78, 5) is -0.141. The number of benzene rings is 2. The van der Waals surface area contributed by atoms with Crippen LogP contribution in [0.3, 0.4) is 0 Å². The van der Waals surface area contributed by atoms with Crippen LogP contribution in [0.25, 0.3) is 0 Å². The van der Waals surface area contributed by atoms with Crippen molar-refractivity contribution in [2.24, 2.45) is 5.41 Å². The van der Waals surface area contributed by atoms with Gasteiger partial charge in [0.15, 0.2) is 6.29 Å². The first-order valence-corrected chi connectivity index (χ1v) is 11.1. The van der Waals surface area contributed by atoms with Gasteiger partial charge in [0.2, 0.25) is 0 Å². The Labute approximate surface area is 161 Å². The lowest BCUT2D eigenvalue weighted by Crippen LogP contribution is -2.36. The summed E-state index contributed by atoms with van der Waals surface area (Å²) in [5.41, 5.74) is 0.856. The summed E-state index contributed by atoms with van der Waals surface area (Å²) in [7, 11) is -8.42. The fourth-order valence-corrected chi connectivity index (χ4v) is 4.38. The molecule has 0 saturated heterocycles. The first-order chi connectivity index (χ1) is 12.3. The molecule has 0 fully saturated rings. The van der Waals surface area contributed by atoms with Gasteiger partial charge in [-0.3, -0.25) is 0 Å². The minimum atomic E-state index is -4.21. The Kier molecular flexibility index (Phi) is 6.16. The second-order valence-electron chi connectivity index (χ2n) is 7.42. The Morgan fingerprint density at radius 2 is 0.963 bits per heavy atom. The first-order valence-electron chi connectivity index (χ1n) is 8.31. The molecule has 0 spiro atoms. The predicted molar refractivity (Wildman–Crippen MR) is 102 cm³/mol. The summed E-state index contributed by atoms with van der Waals surface area (Å²) in [5, 5.41) is 0. The largest absolute Gasteiger partial charge is 0.299 e.